The second kappa shape index (κ2) is 8.51. The molecule has 1 aromatic heterocycles. The van der Waals surface area contributed by atoms with Gasteiger partial charge >= 0.3 is 0 Å². The van der Waals surface area contributed by atoms with Crippen molar-refractivity contribution in [2.75, 3.05) is 11.6 Å². The summed E-state index contributed by atoms with van der Waals surface area (Å²) in [6, 6.07) is 4.12. The molecule has 86 valence electrons. The minimum Gasteiger partial charge on any atom is -0.257 e. The highest BCUT2D eigenvalue weighted by atomic mass is 35.5. The summed E-state index contributed by atoms with van der Waals surface area (Å²) in [5.74, 6) is 2.25. The van der Waals surface area contributed by atoms with Crippen LogP contribution in [0.1, 0.15) is 17.8 Å². The van der Waals surface area contributed by atoms with Crippen molar-refractivity contribution in [2.45, 2.75) is 24.1 Å². The molecule has 0 radical (unpaired) electrons. The molecule has 0 aliphatic heterocycles. The van der Waals surface area contributed by atoms with Crippen LogP contribution in [-0.4, -0.2) is 16.6 Å². The van der Waals surface area contributed by atoms with Gasteiger partial charge in [-0.05, 0) is 31.2 Å². The van der Waals surface area contributed by atoms with Gasteiger partial charge in [-0.25, -0.2) is 0 Å². The van der Waals surface area contributed by atoms with Crippen molar-refractivity contribution in [1.29, 1.82) is 0 Å². The van der Waals surface area contributed by atoms with E-state index in [-0.39, 0.29) is 12.4 Å². The van der Waals surface area contributed by atoms with E-state index >= 15 is 0 Å². The van der Waals surface area contributed by atoms with Crippen LogP contribution >= 0.6 is 47.4 Å². The summed E-state index contributed by atoms with van der Waals surface area (Å²) >= 11 is 13.2. The molecule has 0 aliphatic carbocycles. The summed E-state index contributed by atoms with van der Waals surface area (Å²) in [4.78, 5) is 5.54. The maximum absolute atomic E-state index is 5.74. The van der Waals surface area contributed by atoms with Crippen molar-refractivity contribution < 1.29 is 0 Å². The molecule has 0 bridgehead atoms. The van der Waals surface area contributed by atoms with Gasteiger partial charge in [0.25, 0.3) is 0 Å². The van der Waals surface area contributed by atoms with E-state index in [1.165, 1.54) is 4.90 Å². The fourth-order valence-corrected chi connectivity index (χ4v) is 2.53. The molecule has 0 amide bonds. The van der Waals surface area contributed by atoms with Gasteiger partial charge in [0.15, 0.2) is 0 Å². The molecule has 1 heterocycles. The molecule has 0 atom stereocenters. The SMILES string of the molecule is Cc1cc(SCCCCl)cc(CCl)n1.Cl. The molecular weight excluding hydrogens is 273 g/mol. The van der Waals surface area contributed by atoms with Crippen LogP contribution in [0, 0.1) is 6.92 Å². The topological polar surface area (TPSA) is 12.9 Å². The number of aryl methyl sites for hydroxylation is 1. The Balaban J connectivity index is 0.00000196. The zero-order valence-corrected chi connectivity index (χ0v) is 11.6. The van der Waals surface area contributed by atoms with Gasteiger partial charge in [-0.3, -0.25) is 4.98 Å². The highest BCUT2D eigenvalue weighted by Gasteiger charge is 1.99. The number of rotatable bonds is 5. The Bertz CT molecular complexity index is 294. The van der Waals surface area contributed by atoms with E-state index in [0.29, 0.717) is 5.88 Å². The Kier molecular flexibility index (Phi) is 8.72. The summed E-state index contributed by atoms with van der Waals surface area (Å²) in [7, 11) is 0. The monoisotopic (exact) mass is 285 g/mol. The summed E-state index contributed by atoms with van der Waals surface area (Å²) in [6.07, 6.45) is 1.03. The molecule has 15 heavy (non-hydrogen) atoms. The molecule has 1 aromatic rings. The molecule has 0 spiro atoms. The fraction of sp³-hybridized carbons (Fsp3) is 0.500. The Morgan fingerprint density at radius 2 is 2.07 bits per heavy atom. The van der Waals surface area contributed by atoms with E-state index < -0.39 is 0 Å². The quantitative estimate of drug-likeness (QED) is 0.455. The standard InChI is InChI=1S/C10H13Cl2NS.ClH/c1-8-5-10(14-4-2-3-11)6-9(7-12)13-8;/h5-6H,2-4,7H2,1H3;1H. The maximum Gasteiger partial charge on any atom is 0.0647 e. The maximum atomic E-state index is 5.74. The number of thioether (sulfide) groups is 1. The van der Waals surface area contributed by atoms with Gasteiger partial charge in [-0.1, -0.05) is 0 Å². The van der Waals surface area contributed by atoms with Crippen LogP contribution in [0.25, 0.3) is 0 Å². The largest absolute Gasteiger partial charge is 0.257 e. The first kappa shape index (κ1) is 15.4. The molecule has 0 saturated carbocycles. The van der Waals surface area contributed by atoms with Crippen molar-refractivity contribution in [3.05, 3.63) is 23.5 Å². The molecule has 0 N–H and O–H groups in total. The molecule has 0 aromatic carbocycles. The first-order chi connectivity index (χ1) is 6.76. The molecule has 1 rings (SSSR count). The summed E-state index contributed by atoms with van der Waals surface area (Å²) in [5, 5.41) is 0. The van der Waals surface area contributed by atoms with Crippen molar-refractivity contribution in [3.63, 3.8) is 0 Å². The number of alkyl halides is 2. The minimum atomic E-state index is 0. The van der Waals surface area contributed by atoms with Crippen molar-refractivity contribution in [2.24, 2.45) is 0 Å². The third-order valence-corrected chi connectivity index (χ3v) is 3.27. The van der Waals surface area contributed by atoms with Gasteiger partial charge < -0.3 is 0 Å². The number of pyridine rings is 1. The predicted octanol–water partition coefficient (Wildman–Crippen LogP) is 4.27. The lowest BCUT2D eigenvalue weighted by atomic mass is 10.3. The van der Waals surface area contributed by atoms with Gasteiger partial charge in [0.1, 0.15) is 0 Å². The number of nitrogens with zero attached hydrogens (tertiary/aromatic N) is 1. The normalized spacial score (nSPS) is 9.80. The van der Waals surface area contributed by atoms with Crippen LogP contribution in [0.15, 0.2) is 17.0 Å². The van der Waals surface area contributed by atoms with E-state index in [1.54, 1.807) is 11.8 Å². The smallest absolute Gasteiger partial charge is 0.0647 e. The second-order valence-corrected chi connectivity index (χ2v) is 4.77. The van der Waals surface area contributed by atoms with Crippen LogP contribution < -0.4 is 0 Å². The molecule has 1 nitrogen and oxygen atoms in total. The van der Waals surface area contributed by atoms with Crippen molar-refractivity contribution in [3.8, 4) is 0 Å². The van der Waals surface area contributed by atoms with Crippen LogP contribution in [0.4, 0.5) is 0 Å². The van der Waals surface area contributed by atoms with Gasteiger partial charge in [-0.15, -0.1) is 47.4 Å². The number of halogens is 3. The molecule has 0 unspecified atom stereocenters. The van der Waals surface area contributed by atoms with E-state index in [0.717, 1.165) is 29.4 Å². The summed E-state index contributed by atoms with van der Waals surface area (Å²) in [6.45, 7) is 1.99. The molecule has 0 fully saturated rings. The Hall–Kier alpha value is 0.370. The van der Waals surface area contributed by atoms with Crippen molar-refractivity contribution in [1.82, 2.24) is 4.98 Å². The van der Waals surface area contributed by atoms with Crippen LogP contribution in [-0.2, 0) is 5.88 Å². The van der Waals surface area contributed by atoms with Gasteiger partial charge in [0.05, 0.1) is 11.6 Å². The third kappa shape index (κ3) is 5.86. The van der Waals surface area contributed by atoms with Gasteiger partial charge in [-0.2, -0.15) is 0 Å². The van der Waals surface area contributed by atoms with E-state index in [1.807, 2.05) is 13.0 Å². The molecule has 5 heteroatoms. The molecule has 0 aliphatic rings. The highest BCUT2D eigenvalue weighted by Crippen LogP contribution is 2.21. The lowest BCUT2D eigenvalue weighted by molar-refractivity contribution is 1.06. The van der Waals surface area contributed by atoms with E-state index in [2.05, 4.69) is 11.1 Å². The fourth-order valence-electron chi connectivity index (χ4n) is 1.10. The predicted molar refractivity (Wildman–Crippen MR) is 71.8 cm³/mol. The molecular formula is C10H14Cl3NS. The Morgan fingerprint density at radius 1 is 1.33 bits per heavy atom. The van der Waals surface area contributed by atoms with E-state index in [4.69, 9.17) is 23.2 Å². The first-order valence-electron chi connectivity index (χ1n) is 4.48. The zero-order chi connectivity index (χ0) is 10.4. The number of hydrogen-bond donors (Lipinski definition) is 0. The average Bonchev–Trinajstić information content (AvgIpc) is 2.17. The lowest BCUT2D eigenvalue weighted by Crippen LogP contribution is -1.90. The Labute approximate surface area is 111 Å². The van der Waals surface area contributed by atoms with Gasteiger partial charge in [0, 0.05) is 16.5 Å². The second-order valence-electron chi connectivity index (χ2n) is 2.96. The van der Waals surface area contributed by atoms with Crippen LogP contribution in [0.3, 0.4) is 0 Å². The third-order valence-electron chi connectivity index (χ3n) is 1.66. The van der Waals surface area contributed by atoms with Crippen LogP contribution in [0.2, 0.25) is 0 Å². The van der Waals surface area contributed by atoms with Crippen molar-refractivity contribution >= 4 is 47.4 Å². The zero-order valence-electron chi connectivity index (χ0n) is 8.50. The summed E-state index contributed by atoms with van der Waals surface area (Å²) in [5.41, 5.74) is 1.97. The average molecular weight is 287 g/mol. The lowest BCUT2D eigenvalue weighted by Gasteiger charge is -2.03. The number of hydrogen-bond acceptors (Lipinski definition) is 2. The molecule has 0 saturated heterocycles. The van der Waals surface area contributed by atoms with Gasteiger partial charge in [0.2, 0.25) is 0 Å². The first-order valence-corrected chi connectivity index (χ1v) is 6.54. The summed E-state index contributed by atoms with van der Waals surface area (Å²) < 4.78 is 0. The number of aromatic nitrogens is 1. The Morgan fingerprint density at radius 3 is 2.67 bits per heavy atom. The van der Waals surface area contributed by atoms with Crippen LogP contribution in [0.5, 0.6) is 0 Å². The van der Waals surface area contributed by atoms with E-state index in [9.17, 15) is 0 Å². The highest BCUT2D eigenvalue weighted by molar-refractivity contribution is 7.99. The minimum absolute atomic E-state index is 0.